The minimum absolute atomic E-state index is 2.39. The highest BCUT2D eigenvalue weighted by Crippen LogP contribution is 2.15. The maximum absolute atomic E-state index is 10.9. The number of rotatable bonds is 0. The Morgan fingerprint density at radius 1 is 1.50 bits per heavy atom. The predicted molar refractivity (Wildman–Crippen MR) is 17.9 cm³/mol. The van der Waals surface area contributed by atoms with Crippen molar-refractivity contribution in [2.24, 2.45) is 0 Å². The molecule has 0 N–H and O–H groups in total. The van der Waals surface area contributed by atoms with E-state index in [1.165, 1.54) is 0 Å². The van der Waals surface area contributed by atoms with Gasteiger partial charge in [-0.05, 0) is 0 Å². The first-order valence-corrected chi connectivity index (χ1v) is 1.46. The maximum atomic E-state index is 10.9. The minimum Gasteiger partial charge on any atom is -0.787 e. The summed E-state index contributed by atoms with van der Waals surface area (Å²) in [6, 6.07) is 0. The Balaban J connectivity index is 3.82. The van der Waals surface area contributed by atoms with Crippen LogP contribution in [0.3, 0.4) is 0 Å². The Bertz CT molecular complexity index is 97.9. The average Bonchev–Trinajstić information content (AvgIpc) is 1.62. The Kier molecular flexibility index (Phi) is 1.89. The topological polar surface area (TPSA) is 26.3 Å². The molecule has 0 spiro atoms. The summed E-state index contributed by atoms with van der Waals surface area (Å²) < 4.78 is 35.5. The molecule has 0 heterocycles. The molecule has 0 bridgehead atoms. The lowest BCUT2D eigenvalue weighted by atomic mass is 10.5. The van der Waals surface area contributed by atoms with Crippen molar-refractivity contribution in [2.75, 3.05) is 0 Å². The lowest BCUT2D eigenvalue weighted by Crippen LogP contribution is -2.24. The van der Waals surface area contributed by atoms with E-state index in [1.54, 1.807) is 0 Å². The van der Waals surface area contributed by atoms with Gasteiger partial charge in [0.15, 0.2) is 0 Å². The number of hydrogen-bond acceptors (Lipinski definition) is 2. The van der Waals surface area contributed by atoms with E-state index < -0.39 is 12.1 Å². The number of carbonyl (C=O) groups excluding carboxylic acids is 1. The highest BCUT2D eigenvalue weighted by Gasteiger charge is 2.37. The second kappa shape index (κ2) is 2.06. The van der Waals surface area contributed by atoms with Crippen LogP contribution in [0.2, 0.25) is 0 Å². The zero-order valence-electron chi connectivity index (χ0n) is 3.53. The fourth-order valence-electron chi connectivity index (χ4n) is 0.0668. The van der Waals surface area contributed by atoms with Gasteiger partial charge in [-0.15, -0.1) is 0 Å². The zero-order valence-corrected chi connectivity index (χ0v) is 3.53. The van der Waals surface area contributed by atoms with Crippen molar-refractivity contribution in [2.45, 2.75) is 6.18 Å². The third kappa shape index (κ3) is 1.86. The van der Waals surface area contributed by atoms with Gasteiger partial charge in [-0.2, -0.15) is 13.2 Å². The van der Waals surface area contributed by atoms with Crippen molar-refractivity contribution in [3.8, 4) is 0 Å². The largest absolute Gasteiger partial charge is 0.787 e. The normalized spacial score (nSPS) is 11.0. The van der Waals surface area contributed by atoms with Crippen LogP contribution in [0.4, 0.5) is 13.2 Å². The standard InChI is InChI=1S/C2BF3O2/c3-8-1(7)2(4,5)6/q-1. The van der Waals surface area contributed by atoms with Gasteiger partial charge >= 0.3 is 12.1 Å². The van der Waals surface area contributed by atoms with Crippen LogP contribution >= 0.6 is 0 Å². The Morgan fingerprint density at radius 3 is 1.88 bits per heavy atom. The van der Waals surface area contributed by atoms with Crippen LogP contribution in [-0.4, -0.2) is 20.2 Å². The summed E-state index contributed by atoms with van der Waals surface area (Å²) in [6.45, 7) is 0. The maximum Gasteiger partial charge on any atom is 0.485 e. The van der Waals surface area contributed by atoms with Gasteiger partial charge in [0.1, 0.15) is 0 Å². The van der Waals surface area contributed by atoms with Crippen molar-refractivity contribution in [3.05, 3.63) is 0 Å². The van der Waals surface area contributed by atoms with Crippen molar-refractivity contribution in [3.63, 3.8) is 0 Å². The van der Waals surface area contributed by atoms with Gasteiger partial charge in [-0.25, -0.2) is 4.79 Å². The molecule has 0 aliphatic heterocycles. The number of halogens is 3. The predicted octanol–water partition coefficient (Wildman–Crippen LogP) is 0.175. The van der Waals surface area contributed by atoms with E-state index >= 15 is 0 Å². The van der Waals surface area contributed by atoms with E-state index in [2.05, 4.69) is 12.7 Å². The monoisotopic (exact) mass is 124 g/mol. The van der Waals surface area contributed by atoms with Crippen LogP contribution < -0.4 is 0 Å². The van der Waals surface area contributed by atoms with E-state index in [1.807, 2.05) is 0 Å². The first kappa shape index (κ1) is 7.32. The molecule has 0 rings (SSSR count). The summed E-state index contributed by atoms with van der Waals surface area (Å²) in [4.78, 5) is 9.36. The summed E-state index contributed by atoms with van der Waals surface area (Å²) in [5, 5.41) is 0. The average molecular weight is 124 g/mol. The van der Waals surface area contributed by atoms with Gasteiger partial charge in [0, 0.05) is 0 Å². The Labute approximate surface area is 44.1 Å². The van der Waals surface area contributed by atoms with Crippen LogP contribution in [0.1, 0.15) is 0 Å². The minimum atomic E-state index is -4.98. The number of hydrogen-bond donors (Lipinski definition) is 0. The van der Waals surface area contributed by atoms with Crippen LogP contribution in [0.25, 0.3) is 0 Å². The SMILES string of the molecule is [B-]OC(=O)C(F)(F)F. The van der Waals surface area contributed by atoms with Gasteiger partial charge < -0.3 is 12.7 Å². The summed E-state index contributed by atoms with van der Waals surface area (Å²) in [5.74, 6) is -2.39. The van der Waals surface area contributed by atoms with Crippen molar-refractivity contribution >= 4 is 14.0 Å². The molecular weight excluding hydrogens is 124 g/mol. The molecule has 0 aromatic carbocycles. The van der Waals surface area contributed by atoms with Crippen LogP contribution in [0.5, 0.6) is 0 Å². The fourth-order valence-corrected chi connectivity index (χ4v) is 0.0668. The third-order valence-electron chi connectivity index (χ3n) is 0.338. The Morgan fingerprint density at radius 2 is 1.88 bits per heavy atom. The second-order valence-corrected chi connectivity index (χ2v) is 0.903. The van der Waals surface area contributed by atoms with E-state index in [0.717, 1.165) is 0 Å². The van der Waals surface area contributed by atoms with Gasteiger partial charge in [0.25, 0.3) is 0 Å². The summed E-state index contributed by atoms with van der Waals surface area (Å²) in [5.41, 5.74) is 0. The fraction of sp³-hybridized carbons (Fsp3) is 0.500. The molecule has 0 aliphatic rings. The molecule has 0 saturated carbocycles. The van der Waals surface area contributed by atoms with Crippen molar-refractivity contribution in [1.29, 1.82) is 0 Å². The number of carbonyl (C=O) groups is 1. The second-order valence-electron chi connectivity index (χ2n) is 0.903. The molecule has 2 nitrogen and oxygen atoms in total. The van der Waals surface area contributed by atoms with Gasteiger partial charge in [-0.1, -0.05) is 0 Å². The Hall–Kier alpha value is -0.675. The van der Waals surface area contributed by atoms with E-state index in [4.69, 9.17) is 0 Å². The first-order valence-electron chi connectivity index (χ1n) is 1.46. The summed E-state index contributed by atoms with van der Waals surface area (Å²) >= 11 is 0. The van der Waals surface area contributed by atoms with Gasteiger partial charge in [0.2, 0.25) is 0 Å². The molecule has 0 atom stereocenters. The lowest BCUT2D eigenvalue weighted by Gasteiger charge is -2.12. The quantitative estimate of drug-likeness (QED) is 0.430. The van der Waals surface area contributed by atoms with Crippen LogP contribution in [0.15, 0.2) is 0 Å². The van der Waals surface area contributed by atoms with Crippen molar-refractivity contribution < 1.29 is 22.6 Å². The number of alkyl halides is 3. The highest BCUT2D eigenvalue weighted by atomic mass is 19.4. The molecule has 6 heteroatoms. The molecule has 3 radical (unpaired) electrons. The molecule has 0 fully saturated rings. The summed E-state index contributed by atoms with van der Waals surface area (Å²) in [6.07, 6.45) is -4.98. The van der Waals surface area contributed by atoms with Gasteiger partial charge in [-0.3, -0.25) is 0 Å². The van der Waals surface area contributed by atoms with E-state index in [0.29, 0.717) is 0 Å². The zero-order chi connectivity index (χ0) is 6.78. The molecule has 0 aromatic rings. The first-order chi connectivity index (χ1) is 3.48. The van der Waals surface area contributed by atoms with Crippen molar-refractivity contribution in [1.82, 2.24) is 0 Å². The lowest BCUT2D eigenvalue weighted by molar-refractivity contribution is -0.189. The molecule has 0 aliphatic carbocycles. The molecule has 0 aromatic heterocycles. The van der Waals surface area contributed by atoms with E-state index in [9.17, 15) is 18.0 Å². The molecule has 0 amide bonds. The summed E-state index contributed by atoms with van der Waals surface area (Å²) in [7, 11) is 3.89. The van der Waals surface area contributed by atoms with E-state index in [-0.39, 0.29) is 0 Å². The molecule has 8 heavy (non-hydrogen) atoms. The molecular formula is C2BF3O2-. The molecule has 45 valence electrons. The van der Waals surface area contributed by atoms with Crippen LogP contribution in [-0.2, 0) is 9.45 Å². The molecule has 0 saturated heterocycles. The smallest absolute Gasteiger partial charge is 0.485 e. The molecule has 0 unspecified atom stereocenters. The third-order valence-corrected chi connectivity index (χ3v) is 0.338. The van der Waals surface area contributed by atoms with Crippen LogP contribution in [0, 0.1) is 0 Å². The highest BCUT2D eigenvalue weighted by molar-refractivity contribution is 6.06. The van der Waals surface area contributed by atoms with Gasteiger partial charge in [0.05, 0.1) is 0 Å².